The normalized spacial score (nSPS) is 16.7. The summed E-state index contributed by atoms with van der Waals surface area (Å²) in [5.74, 6) is -0.302. The summed E-state index contributed by atoms with van der Waals surface area (Å²) in [6.07, 6.45) is 0. The number of nitrogens with one attached hydrogen (secondary N) is 1. The highest BCUT2D eigenvalue weighted by atomic mass is 32.2. The Balaban J connectivity index is 1.64. The molecule has 0 aromatic heterocycles. The molecule has 1 aliphatic heterocycles. The molecule has 0 amide bonds. The van der Waals surface area contributed by atoms with Crippen molar-refractivity contribution in [2.24, 2.45) is 5.10 Å². The molecule has 1 aliphatic rings. The maximum atomic E-state index is 13.7. The number of thiocarbonyl (C=S) groups is 1. The van der Waals surface area contributed by atoms with Gasteiger partial charge in [-0.05, 0) is 54.2 Å². The van der Waals surface area contributed by atoms with E-state index < -0.39 is 0 Å². The molecule has 3 aromatic carbocycles. The molecule has 35 heavy (non-hydrogen) atoms. The van der Waals surface area contributed by atoms with Crippen LogP contribution in [0.25, 0.3) is 0 Å². The molecule has 1 N–H and O–H groups in total. The highest BCUT2D eigenvalue weighted by Crippen LogP contribution is 2.31. The van der Waals surface area contributed by atoms with E-state index in [2.05, 4.69) is 62.5 Å². The number of hydrazone groups is 1. The topological polar surface area (TPSA) is 30.9 Å². The SMILES string of the molecule is CC(C)Sc1cccc(N(Cc2ccccc2)/N=C2\SC(C)CN2C(=S)Nc2cccc(F)c2)c1. The molecule has 1 fully saturated rings. The number of rotatable bonds is 7. The van der Waals surface area contributed by atoms with Gasteiger partial charge in [0.2, 0.25) is 0 Å². The molecule has 0 spiro atoms. The van der Waals surface area contributed by atoms with Gasteiger partial charge >= 0.3 is 0 Å². The number of amidine groups is 1. The van der Waals surface area contributed by atoms with Crippen molar-refractivity contribution in [3.8, 4) is 0 Å². The first-order valence-corrected chi connectivity index (χ1v) is 13.7. The van der Waals surface area contributed by atoms with Gasteiger partial charge in [0.1, 0.15) is 5.82 Å². The van der Waals surface area contributed by atoms with E-state index in [1.54, 1.807) is 23.9 Å². The van der Waals surface area contributed by atoms with Crippen molar-refractivity contribution in [2.75, 3.05) is 16.9 Å². The van der Waals surface area contributed by atoms with Crippen LogP contribution in [-0.2, 0) is 6.54 Å². The van der Waals surface area contributed by atoms with Gasteiger partial charge in [0.15, 0.2) is 10.3 Å². The lowest BCUT2D eigenvalue weighted by atomic mass is 10.2. The van der Waals surface area contributed by atoms with E-state index in [0.717, 1.165) is 17.4 Å². The molecule has 8 heteroatoms. The molecule has 182 valence electrons. The monoisotopic (exact) mass is 524 g/mol. The Morgan fingerprint density at radius 2 is 1.91 bits per heavy atom. The average Bonchev–Trinajstić information content (AvgIpc) is 3.19. The third kappa shape index (κ3) is 7.22. The number of benzene rings is 3. The number of hydrogen-bond acceptors (Lipinski definition) is 5. The summed E-state index contributed by atoms with van der Waals surface area (Å²) in [5.41, 5.74) is 2.82. The van der Waals surface area contributed by atoms with Crippen LogP contribution in [0.3, 0.4) is 0 Å². The lowest BCUT2D eigenvalue weighted by Crippen LogP contribution is -2.37. The molecule has 4 rings (SSSR count). The minimum atomic E-state index is -0.302. The van der Waals surface area contributed by atoms with Gasteiger partial charge in [0, 0.05) is 27.6 Å². The Hall–Kier alpha value is -2.55. The number of nitrogens with zero attached hydrogens (tertiary/aromatic N) is 3. The molecule has 0 saturated carbocycles. The van der Waals surface area contributed by atoms with Crippen molar-refractivity contribution < 1.29 is 4.39 Å². The number of thioether (sulfide) groups is 2. The summed E-state index contributed by atoms with van der Waals surface area (Å²) >= 11 is 9.24. The maximum Gasteiger partial charge on any atom is 0.190 e. The van der Waals surface area contributed by atoms with Crippen molar-refractivity contribution in [1.29, 1.82) is 0 Å². The molecule has 1 saturated heterocycles. The first kappa shape index (κ1) is 25.5. The minimum absolute atomic E-state index is 0.302. The Kier molecular flexibility index (Phi) is 8.70. The smallest absolute Gasteiger partial charge is 0.190 e. The molecule has 4 nitrogen and oxygen atoms in total. The van der Waals surface area contributed by atoms with Crippen molar-refractivity contribution in [1.82, 2.24) is 4.90 Å². The first-order chi connectivity index (χ1) is 16.9. The zero-order chi connectivity index (χ0) is 24.8. The quantitative estimate of drug-likeness (QED) is 0.196. The highest BCUT2D eigenvalue weighted by molar-refractivity contribution is 8.14. The highest BCUT2D eigenvalue weighted by Gasteiger charge is 2.30. The Morgan fingerprint density at radius 3 is 2.66 bits per heavy atom. The molecule has 0 bridgehead atoms. The summed E-state index contributed by atoms with van der Waals surface area (Å²) in [5, 5.41) is 12.5. The molecular weight excluding hydrogens is 496 g/mol. The van der Waals surface area contributed by atoms with Crippen LogP contribution in [0.15, 0.2) is 88.9 Å². The fraction of sp³-hybridized carbons (Fsp3) is 0.259. The fourth-order valence-corrected chi connectivity index (χ4v) is 5.90. The molecule has 1 atom stereocenters. The lowest BCUT2D eigenvalue weighted by molar-refractivity contribution is 0.627. The van der Waals surface area contributed by atoms with Crippen molar-refractivity contribution >= 4 is 57.4 Å². The third-order valence-corrected chi connectivity index (χ3v) is 7.55. The zero-order valence-electron chi connectivity index (χ0n) is 20.0. The largest absolute Gasteiger partial charge is 0.332 e. The van der Waals surface area contributed by atoms with Crippen molar-refractivity contribution in [2.45, 2.75) is 42.7 Å². The van der Waals surface area contributed by atoms with E-state index in [-0.39, 0.29) is 5.82 Å². The van der Waals surface area contributed by atoms with Crippen molar-refractivity contribution in [3.05, 3.63) is 90.2 Å². The summed E-state index contributed by atoms with van der Waals surface area (Å²) in [6, 6.07) is 25.2. The average molecular weight is 525 g/mol. The second kappa shape index (κ2) is 11.9. The molecule has 0 radical (unpaired) electrons. The van der Waals surface area contributed by atoms with Gasteiger partial charge in [-0.1, -0.05) is 75.0 Å². The van der Waals surface area contributed by atoms with Crippen LogP contribution in [-0.4, -0.2) is 32.2 Å². The molecular formula is C27H29FN4S3. The maximum absolute atomic E-state index is 13.7. The minimum Gasteiger partial charge on any atom is -0.332 e. The standard InChI is InChI=1S/C27H29FN4S3/c1-19(2)34-25-14-8-13-24(16-25)32(18-21-9-5-4-6-10-21)30-27-31(17-20(3)35-27)26(33)29-23-12-7-11-22(28)15-23/h4-16,19-20H,17-18H2,1-3H3,(H,29,33)/b30-27-. The lowest BCUT2D eigenvalue weighted by Gasteiger charge is -2.25. The van der Waals surface area contributed by atoms with E-state index in [1.165, 1.54) is 22.6 Å². The van der Waals surface area contributed by atoms with Gasteiger partial charge in [-0.15, -0.1) is 16.9 Å². The summed E-state index contributed by atoms with van der Waals surface area (Å²) in [6.45, 7) is 7.91. The molecule has 3 aromatic rings. The van der Waals surface area contributed by atoms with E-state index in [0.29, 0.717) is 27.8 Å². The molecule has 1 unspecified atom stereocenters. The zero-order valence-corrected chi connectivity index (χ0v) is 22.5. The van der Waals surface area contributed by atoms with E-state index in [1.807, 2.05) is 39.9 Å². The van der Waals surface area contributed by atoms with Crippen LogP contribution < -0.4 is 10.3 Å². The number of anilines is 2. The second-order valence-corrected chi connectivity index (χ2v) is 12.0. The van der Waals surface area contributed by atoms with Gasteiger partial charge in [-0.25, -0.2) is 4.39 Å². The van der Waals surface area contributed by atoms with Gasteiger partial charge in [0.25, 0.3) is 0 Å². The summed E-state index contributed by atoms with van der Waals surface area (Å²) in [4.78, 5) is 3.21. The van der Waals surface area contributed by atoms with E-state index >= 15 is 0 Å². The number of halogens is 1. The van der Waals surface area contributed by atoms with Crippen LogP contribution >= 0.6 is 35.7 Å². The summed E-state index contributed by atoms with van der Waals surface area (Å²) in [7, 11) is 0. The molecule has 1 heterocycles. The first-order valence-electron chi connectivity index (χ1n) is 11.5. The van der Waals surface area contributed by atoms with Crippen LogP contribution in [0.1, 0.15) is 26.3 Å². The second-order valence-electron chi connectivity index (χ2n) is 8.57. The van der Waals surface area contributed by atoms with Crippen LogP contribution in [0.2, 0.25) is 0 Å². The number of hydrogen-bond donors (Lipinski definition) is 1. The summed E-state index contributed by atoms with van der Waals surface area (Å²) < 4.78 is 13.7. The fourth-order valence-electron chi connectivity index (χ4n) is 3.65. The Morgan fingerprint density at radius 1 is 1.14 bits per heavy atom. The van der Waals surface area contributed by atoms with Gasteiger partial charge in [-0.2, -0.15) is 0 Å². The van der Waals surface area contributed by atoms with Crippen molar-refractivity contribution in [3.63, 3.8) is 0 Å². The Labute approximate surface area is 221 Å². The third-order valence-electron chi connectivity index (χ3n) is 5.17. The predicted molar refractivity (Wildman–Crippen MR) is 154 cm³/mol. The van der Waals surface area contributed by atoms with Crippen LogP contribution in [0.5, 0.6) is 0 Å². The van der Waals surface area contributed by atoms with Crippen LogP contribution in [0.4, 0.5) is 15.8 Å². The van der Waals surface area contributed by atoms with E-state index in [9.17, 15) is 4.39 Å². The Bertz CT molecular complexity index is 1190. The van der Waals surface area contributed by atoms with E-state index in [4.69, 9.17) is 17.3 Å². The van der Waals surface area contributed by atoms with Gasteiger partial charge < -0.3 is 5.32 Å². The van der Waals surface area contributed by atoms with Gasteiger partial charge in [-0.3, -0.25) is 9.91 Å². The molecule has 0 aliphatic carbocycles. The van der Waals surface area contributed by atoms with Gasteiger partial charge in [0.05, 0.1) is 12.2 Å². The van der Waals surface area contributed by atoms with Crippen LogP contribution in [0, 0.1) is 5.82 Å². The predicted octanol–water partition coefficient (Wildman–Crippen LogP) is 7.44.